The highest BCUT2D eigenvalue weighted by molar-refractivity contribution is 7.89. The second kappa shape index (κ2) is 13.6. The molecule has 0 N–H and O–H groups in total. The molecule has 1 aromatic heterocycles. The maximum Gasteiger partial charge on any atom is 0.260 e. The first-order valence-corrected chi connectivity index (χ1v) is 14.8. The Morgan fingerprint density at radius 1 is 0.950 bits per heavy atom. The van der Waals surface area contributed by atoms with Crippen molar-refractivity contribution in [2.45, 2.75) is 25.3 Å². The number of anilines is 1. The maximum absolute atomic E-state index is 14.4. The van der Waals surface area contributed by atoms with Crippen LogP contribution in [0.4, 0.5) is 13.9 Å². The minimum absolute atomic E-state index is 0. The average molecular weight is 609 g/mol. The van der Waals surface area contributed by atoms with Crippen LogP contribution in [0.1, 0.15) is 29.8 Å². The van der Waals surface area contributed by atoms with Crippen molar-refractivity contribution in [2.24, 2.45) is 0 Å². The molecular formula is C28H31ClF2N4O3S2. The zero-order chi connectivity index (χ0) is 28.2. The van der Waals surface area contributed by atoms with E-state index in [1.807, 2.05) is 44.2 Å². The summed E-state index contributed by atoms with van der Waals surface area (Å²) in [6.07, 6.45) is 0. The molecule has 0 radical (unpaired) electrons. The second-order valence-corrected chi connectivity index (χ2v) is 12.0. The third kappa shape index (κ3) is 7.02. The lowest BCUT2D eigenvalue weighted by molar-refractivity contribution is 0.0983. The van der Waals surface area contributed by atoms with Crippen LogP contribution in [-0.4, -0.2) is 61.7 Å². The molecule has 0 aliphatic rings. The summed E-state index contributed by atoms with van der Waals surface area (Å²) < 4.78 is 56.0. The fourth-order valence-corrected chi connectivity index (χ4v) is 6.35. The fourth-order valence-electron chi connectivity index (χ4n) is 4.16. The van der Waals surface area contributed by atoms with E-state index in [1.54, 1.807) is 0 Å². The zero-order valence-corrected chi connectivity index (χ0v) is 24.8. The average Bonchev–Trinajstić information content (AvgIpc) is 3.35. The molecule has 0 spiro atoms. The zero-order valence-electron chi connectivity index (χ0n) is 22.4. The predicted octanol–water partition coefficient (Wildman–Crippen LogP) is 5.81. The topological polar surface area (TPSA) is 73.8 Å². The van der Waals surface area contributed by atoms with Gasteiger partial charge >= 0.3 is 0 Å². The van der Waals surface area contributed by atoms with E-state index in [2.05, 4.69) is 9.88 Å². The molecule has 4 aromatic rings. The van der Waals surface area contributed by atoms with Crippen molar-refractivity contribution in [3.05, 3.63) is 89.5 Å². The summed E-state index contributed by atoms with van der Waals surface area (Å²) >= 11 is 1.03. The van der Waals surface area contributed by atoms with Gasteiger partial charge in [0.05, 0.1) is 9.60 Å². The number of aromatic nitrogens is 1. The third-order valence-corrected chi connectivity index (χ3v) is 9.31. The van der Waals surface area contributed by atoms with E-state index in [0.29, 0.717) is 11.2 Å². The van der Waals surface area contributed by atoms with Crippen LogP contribution >= 0.6 is 23.7 Å². The number of thiazole rings is 1. The lowest BCUT2D eigenvalue weighted by Gasteiger charge is -2.25. The number of halogens is 3. The molecule has 0 aliphatic heterocycles. The molecule has 1 amide bonds. The number of benzene rings is 3. The summed E-state index contributed by atoms with van der Waals surface area (Å²) in [5.41, 5.74) is 1.11. The Morgan fingerprint density at radius 2 is 1.60 bits per heavy atom. The molecule has 40 heavy (non-hydrogen) atoms. The summed E-state index contributed by atoms with van der Waals surface area (Å²) in [4.78, 5) is 21.6. The monoisotopic (exact) mass is 608 g/mol. The number of hydrogen-bond acceptors (Lipinski definition) is 6. The van der Waals surface area contributed by atoms with Crippen molar-refractivity contribution in [1.29, 1.82) is 0 Å². The Kier molecular flexibility index (Phi) is 10.7. The van der Waals surface area contributed by atoms with Crippen molar-refractivity contribution >= 4 is 55.0 Å². The van der Waals surface area contributed by atoms with Crippen LogP contribution in [-0.2, 0) is 16.6 Å². The first-order valence-electron chi connectivity index (χ1n) is 12.5. The van der Waals surface area contributed by atoms with Crippen LogP contribution < -0.4 is 4.90 Å². The first kappa shape index (κ1) is 31.6. The summed E-state index contributed by atoms with van der Waals surface area (Å²) in [7, 11) is -2.29. The van der Waals surface area contributed by atoms with Gasteiger partial charge in [0.1, 0.15) is 11.3 Å². The quantitative estimate of drug-likeness (QED) is 0.215. The molecule has 214 valence electrons. The smallest absolute Gasteiger partial charge is 0.260 e. The number of carbonyl (C=O) groups excluding carboxylic acids is 1. The van der Waals surface area contributed by atoms with Gasteiger partial charge in [-0.1, -0.05) is 55.5 Å². The van der Waals surface area contributed by atoms with E-state index in [0.717, 1.165) is 36.1 Å². The van der Waals surface area contributed by atoms with Gasteiger partial charge in [-0.3, -0.25) is 9.69 Å². The lowest BCUT2D eigenvalue weighted by atomic mass is 10.2. The number of fused-ring (bicyclic) bond motifs is 1. The van der Waals surface area contributed by atoms with Crippen molar-refractivity contribution < 1.29 is 22.0 Å². The van der Waals surface area contributed by atoms with Crippen molar-refractivity contribution in [3.8, 4) is 0 Å². The van der Waals surface area contributed by atoms with Crippen LogP contribution in [0.5, 0.6) is 0 Å². The molecule has 4 rings (SSSR count). The molecule has 3 aromatic carbocycles. The van der Waals surface area contributed by atoms with Gasteiger partial charge in [0.15, 0.2) is 10.9 Å². The number of nitrogens with zero attached hydrogens (tertiary/aromatic N) is 4. The number of carbonyl (C=O) groups is 1. The predicted molar refractivity (Wildman–Crippen MR) is 158 cm³/mol. The highest BCUT2D eigenvalue weighted by atomic mass is 35.5. The molecule has 0 saturated carbocycles. The molecule has 0 bridgehead atoms. The standard InChI is InChI=1S/C28H30F2N4O3S2.ClH/c1-4-33(5-2)15-16-34(28-31-26-24(30)17-22(29)18-25(26)38-28)27(35)21-11-13-23(14-12-21)39(36,37)32(3)19-20-9-7-6-8-10-20;/h6-14,17-18H,4-5,15-16,19H2,1-3H3;1H. The van der Waals surface area contributed by atoms with E-state index in [9.17, 15) is 22.0 Å². The maximum atomic E-state index is 14.4. The van der Waals surface area contributed by atoms with E-state index in [1.165, 1.54) is 46.6 Å². The van der Waals surface area contributed by atoms with Gasteiger partial charge in [0.25, 0.3) is 5.91 Å². The van der Waals surface area contributed by atoms with Crippen molar-refractivity contribution in [2.75, 3.05) is 38.1 Å². The third-order valence-electron chi connectivity index (χ3n) is 6.47. The van der Waals surface area contributed by atoms with Crippen LogP contribution in [0.3, 0.4) is 0 Å². The summed E-state index contributed by atoms with van der Waals surface area (Å²) in [6.45, 7) is 6.60. The molecule has 7 nitrogen and oxygen atoms in total. The summed E-state index contributed by atoms with van der Waals surface area (Å²) in [5.74, 6) is -1.92. The highest BCUT2D eigenvalue weighted by Gasteiger charge is 2.25. The highest BCUT2D eigenvalue weighted by Crippen LogP contribution is 2.32. The Bertz CT molecular complexity index is 1550. The van der Waals surface area contributed by atoms with E-state index >= 15 is 0 Å². The van der Waals surface area contributed by atoms with Gasteiger partial charge in [0.2, 0.25) is 10.0 Å². The van der Waals surface area contributed by atoms with Crippen molar-refractivity contribution in [3.63, 3.8) is 0 Å². The number of rotatable bonds is 11. The van der Waals surface area contributed by atoms with Gasteiger partial charge in [-0.15, -0.1) is 12.4 Å². The van der Waals surface area contributed by atoms with Gasteiger partial charge in [-0.05, 0) is 49.0 Å². The van der Waals surface area contributed by atoms with Crippen LogP contribution in [0.15, 0.2) is 71.6 Å². The fraction of sp³-hybridized carbons (Fsp3) is 0.286. The molecule has 0 saturated heterocycles. The molecule has 1 heterocycles. The minimum atomic E-state index is -3.79. The second-order valence-electron chi connectivity index (χ2n) is 8.99. The molecular weight excluding hydrogens is 578 g/mol. The number of sulfonamides is 1. The largest absolute Gasteiger partial charge is 0.302 e. The Labute approximate surface area is 243 Å². The molecule has 0 atom stereocenters. The van der Waals surface area contributed by atoms with E-state index in [4.69, 9.17) is 0 Å². The molecule has 0 unspecified atom stereocenters. The van der Waals surface area contributed by atoms with Gasteiger partial charge in [-0.2, -0.15) is 4.31 Å². The summed E-state index contributed by atoms with van der Waals surface area (Å²) in [6, 6.07) is 16.9. The Morgan fingerprint density at radius 3 is 2.23 bits per heavy atom. The van der Waals surface area contributed by atoms with E-state index < -0.39 is 27.6 Å². The SMILES string of the molecule is CCN(CC)CCN(C(=O)c1ccc(S(=O)(=O)N(C)Cc2ccccc2)cc1)c1nc2c(F)cc(F)cc2s1.Cl. The number of hydrogen-bond donors (Lipinski definition) is 0. The molecule has 0 aliphatic carbocycles. The van der Waals surface area contributed by atoms with Gasteiger partial charge in [0, 0.05) is 38.3 Å². The molecule has 12 heteroatoms. The molecule has 0 fully saturated rings. The van der Waals surface area contributed by atoms with Crippen LogP contribution in [0.25, 0.3) is 10.2 Å². The number of likely N-dealkylation sites (N-methyl/N-ethyl adjacent to an activating group) is 1. The first-order chi connectivity index (χ1) is 18.6. The van der Waals surface area contributed by atoms with Gasteiger partial charge < -0.3 is 4.90 Å². The minimum Gasteiger partial charge on any atom is -0.302 e. The van der Waals surface area contributed by atoms with Crippen LogP contribution in [0, 0.1) is 11.6 Å². The van der Waals surface area contributed by atoms with Crippen molar-refractivity contribution in [1.82, 2.24) is 14.2 Å². The van der Waals surface area contributed by atoms with Crippen LogP contribution in [0.2, 0.25) is 0 Å². The lowest BCUT2D eigenvalue weighted by Crippen LogP contribution is -2.38. The number of amides is 1. The normalized spacial score (nSPS) is 11.7. The van der Waals surface area contributed by atoms with E-state index in [-0.39, 0.29) is 46.6 Å². The summed E-state index contributed by atoms with van der Waals surface area (Å²) in [5, 5.41) is 0.242. The Hall–Kier alpha value is -2.96. The Balaban J connectivity index is 0.00000441. The van der Waals surface area contributed by atoms with Gasteiger partial charge in [-0.25, -0.2) is 22.2 Å².